The first-order chi connectivity index (χ1) is 9.93. The molecule has 0 fully saturated rings. The van der Waals surface area contributed by atoms with Crippen molar-refractivity contribution in [3.05, 3.63) is 50.8 Å². The number of hydrogen-bond donors (Lipinski definition) is 1. The van der Waals surface area contributed by atoms with Gasteiger partial charge in [-0.1, -0.05) is 0 Å². The van der Waals surface area contributed by atoms with Gasteiger partial charge >= 0.3 is 0 Å². The summed E-state index contributed by atoms with van der Waals surface area (Å²) in [5, 5.41) is 27.3. The van der Waals surface area contributed by atoms with Crippen LogP contribution in [-0.4, -0.2) is 14.7 Å². The molecule has 0 aliphatic carbocycles. The maximum Gasteiger partial charge on any atom is 0.292 e. The minimum Gasteiger partial charge on any atom is -0.375 e. The van der Waals surface area contributed by atoms with Gasteiger partial charge < -0.3 is 5.32 Å². The zero-order chi connectivity index (χ0) is 15.6. The quantitative estimate of drug-likeness (QED) is 0.687. The number of hydrogen-bond acceptors (Lipinski definition) is 5. The van der Waals surface area contributed by atoms with Crippen molar-refractivity contribution >= 4 is 11.4 Å². The zero-order valence-electron chi connectivity index (χ0n) is 12.0. The largest absolute Gasteiger partial charge is 0.375 e. The molecule has 1 aromatic heterocycles. The molecule has 7 heteroatoms. The van der Waals surface area contributed by atoms with Crippen molar-refractivity contribution in [1.29, 1.82) is 5.26 Å². The number of nitro benzene ring substituents is 1. The average molecular weight is 285 g/mol. The number of rotatable bonds is 4. The number of nitro groups is 1. The van der Waals surface area contributed by atoms with E-state index in [1.165, 1.54) is 18.2 Å². The van der Waals surface area contributed by atoms with Gasteiger partial charge in [0, 0.05) is 30.9 Å². The van der Waals surface area contributed by atoms with Gasteiger partial charge in [0.25, 0.3) is 5.69 Å². The van der Waals surface area contributed by atoms with E-state index >= 15 is 0 Å². The Labute approximate surface area is 122 Å². The lowest BCUT2D eigenvalue weighted by Gasteiger charge is -2.08. The molecule has 0 aliphatic heterocycles. The molecule has 0 spiro atoms. The van der Waals surface area contributed by atoms with E-state index in [1.54, 1.807) is 4.68 Å². The van der Waals surface area contributed by atoms with Crippen LogP contribution in [0.2, 0.25) is 0 Å². The highest BCUT2D eigenvalue weighted by molar-refractivity contribution is 5.64. The third-order valence-corrected chi connectivity index (χ3v) is 3.44. The van der Waals surface area contributed by atoms with Gasteiger partial charge in [-0.2, -0.15) is 10.4 Å². The number of anilines is 1. The van der Waals surface area contributed by atoms with Crippen LogP contribution in [0.3, 0.4) is 0 Å². The third-order valence-electron chi connectivity index (χ3n) is 3.44. The van der Waals surface area contributed by atoms with Crippen LogP contribution in [0.25, 0.3) is 0 Å². The number of benzene rings is 1. The Balaban J connectivity index is 2.31. The number of nitrogens with one attached hydrogen (secondary N) is 1. The summed E-state index contributed by atoms with van der Waals surface area (Å²) in [7, 11) is 1.85. The third kappa shape index (κ3) is 2.84. The molecule has 0 aliphatic rings. The summed E-state index contributed by atoms with van der Waals surface area (Å²) in [6.07, 6.45) is 0. The summed E-state index contributed by atoms with van der Waals surface area (Å²) in [5.74, 6) is 0. The fraction of sp³-hybridized carbons (Fsp3) is 0.286. The molecule has 21 heavy (non-hydrogen) atoms. The topological polar surface area (TPSA) is 96.8 Å². The molecule has 0 saturated heterocycles. The van der Waals surface area contributed by atoms with E-state index in [9.17, 15) is 10.1 Å². The van der Waals surface area contributed by atoms with Gasteiger partial charge in [0.1, 0.15) is 5.69 Å². The van der Waals surface area contributed by atoms with Crippen molar-refractivity contribution in [1.82, 2.24) is 9.78 Å². The Morgan fingerprint density at radius 3 is 2.71 bits per heavy atom. The van der Waals surface area contributed by atoms with Gasteiger partial charge in [-0.15, -0.1) is 0 Å². The lowest BCUT2D eigenvalue weighted by molar-refractivity contribution is -0.384. The molecule has 1 heterocycles. The first-order valence-corrected chi connectivity index (χ1v) is 6.35. The van der Waals surface area contributed by atoms with E-state index < -0.39 is 4.92 Å². The standard InChI is InChI=1S/C14H15N5O2/c1-9-12(10(2)18(3)17-9)8-16-13-6-11(7-15)4-5-14(13)19(20)21/h4-6,16H,8H2,1-3H3. The average Bonchev–Trinajstić information content (AvgIpc) is 2.69. The highest BCUT2D eigenvalue weighted by Gasteiger charge is 2.16. The second kappa shape index (κ2) is 5.63. The number of nitrogens with zero attached hydrogens (tertiary/aromatic N) is 4. The first kappa shape index (κ1) is 14.5. The zero-order valence-corrected chi connectivity index (χ0v) is 12.0. The Hall–Kier alpha value is -2.88. The predicted octanol–water partition coefficient (Wildman–Crippen LogP) is 2.43. The van der Waals surface area contributed by atoms with Crippen molar-refractivity contribution in [2.45, 2.75) is 20.4 Å². The van der Waals surface area contributed by atoms with Gasteiger partial charge in [0.05, 0.1) is 22.2 Å². The van der Waals surface area contributed by atoms with Crippen LogP contribution in [-0.2, 0) is 13.6 Å². The van der Waals surface area contributed by atoms with Crippen LogP contribution >= 0.6 is 0 Å². The fourth-order valence-corrected chi connectivity index (χ4v) is 2.16. The monoisotopic (exact) mass is 285 g/mol. The van der Waals surface area contributed by atoms with Crippen LogP contribution in [0.4, 0.5) is 11.4 Å². The molecule has 0 radical (unpaired) electrons. The number of aryl methyl sites for hydroxylation is 2. The smallest absolute Gasteiger partial charge is 0.292 e. The maximum absolute atomic E-state index is 11.0. The summed E-state index contributed by atoms with van der Waals surface area (Å²) in [4.78, 5) is 10.6. The Bertz CT molecular complexity index is 743. The lowest BCUT2D eigenvalue weighted by atomic mass is 10.1. The van der Waals surface area contributed by atoms with Crippen LogP contribution in [0.1, 0.15) is 22.5 Å². The molecular weight excluding hydrogens is 270 g/mol. The van der Waals surface area contributed by atoms with Gasteiger partial charge in [0.2, 0.25) is 0 Å². The minimum absolute atomic E-state index is 0.0480. The molecular formula is C14H15N5O2. The Morgan fingerprint density at radius 2 is 2.19 bits per heavy atom. The summed E-state index contributed by atoms with van der Waals surface area (Å²) in [5.41, 5.74) is 3.53. The molecule has 7 nitrogen and oxygen atoms in total. The maximum atomic E-state index is 11.0. The highest BCUT2D eigenvalue weighted by atomic mass is 16.6. The molecule has 0 amide bonds. The number of aromatic nitrogens is 2. The first-order valence-electron chi connectivity index (χ1n) is 6.35. The van der Waals surface area contributed by atoms with Gasteiger partial charge in [-0.3, -0.25) is 14.8 Å². The molecule has 0 unspecified atom stereocenters. The predicted molar refractivity (Wildman–Crippen MR) is 77.8 cm³/mol. The fourth-order valence-electron chi connectivity index (χ4n) is 2.16. The highest BCUT2D eigenvalue weighted by Crippen LogP contribution is 2.26. The molecule has 2 rings (SSSR count). The molecule has 2 aromatic rings. The second-order valence-electron chi connectivity index (χ2n) is 4.73. The summed E-state index contributed by atoms with van der Waals surface area (Å²) in [6, 6.07) is 6.24. The molecule has 0 atom stereocenters. The molecule has 1 N–H and O–H groups in total. The van der Waals surface area contributed by atoms with E-state index in [1.807, 2.05) is 27.0 Å². The van der Waals surface area contributed by atoms with Crippen molar-refractivity contribution < 1.29 is 4.92 Å². The van der Waals surface area contributed by atoms with Gasteiger partial charge in [0.15, 0.2) is 0 Å². The second-order valence-corrected chi connectivity index (χ2v) is 4.73. The van der Waals surface area contributed by atoms with Gasteiger partial charge in [-0.25, -0.2) is 0 Å². The minimum atomic E-state index is -0.466. The van der Waals surface area contributed by atoms with E-state index in [2.05, 4.69) is 10.4 Å². The van der Waals surface area contributed by atoms with E-state index in [0.717, 1.165) is 17.0 Å². The van der Waals surface area contributed by atoms with Crippen molar-refractivity contribution in [3.8, 4) is 6.07 Å². The summed E-state index contributed by atoms with van der Waals surface area (Å²) in [6.45, 7) is 4.25. The summed E-state index contributed by atoms with van der Waals surface area (Å²) >= 11 is 0. The van der Waals surface area contributed by atoms with Crippen LogP contribution < -0.4 is 5.32 Å². The Kier molecular flexibility index (Phi) is 3.89. The normalized spacial score (nSPS) is 10.2. The number of nitriles is 1. The molecule has 0 bridgehead atoms. The molecule has 1 aromatic carbocycles. The van der Waals surface area contributed by atoms with Crippen molar-refractivity contribution in [2.75, 3.05) is 5.32 Å². The van der Waals surface area contributed by atoms with E-state index in [0.29, 0.717) is 17.8 Å². The van der Waals surface area contributed by atoms with E-state index in [4.69, 9.17) is 5.26 Å². The van der Waals surface area contributed by atoms with Crippen LogP contribution in [0, 0.1) is 35.3 Å². The van der Waals surface area contributed by atoms with Crippen LogP contribution in [0.5, 0.6) is 0 Å². The van der Waals surface area contributed by atoms with Gasteiger partial charge in [-0.05, 0) is 26.0 Å². The SMILES string of the molecule is Cc1nn(C)c(C)c1CNc1cc(C#N)ccc1[N+](=O)[O-]. The van der Waals surface area contributed by atoms with Crippen LogP contribution in [0.15, 0.2) is 18.2 Å². The van der Waals surface area contributed by atoms with E-state index in [-0.39, 0.29) is 5.69 Å². The Morgan fingerprint density at radius 1 is 1.48 bits per heavy atom. The molecule has 108 valence electrons. The summed E-state index contributed by atoms with van der Waals surface area (Å²) < 4.78 is 1.77. The lowest BCUT2D eigenvalue weighted by Crippen LogP contribution is -2.05. The molecule has 0 saturated carbocycles. The van der Waals surface area contributed by atoms with Crippen molar-refractivity contribution in [3.63, 3.8) is 0 Å². The van der Waals surface area contributed by atoms with Crippen molar-refractivity contribution in [2.24, 2.45) is 7.05 Å².